The molecule has 1 nitrogen and oxygen atoms in total. The predicted molar refractivity (Wildman–Crippen MR) is 63.5 cm³/mol. The van der Waals surface area contributed by atoms with Gasteiger partial charge in [-0.15, -0.1) is 0 Å². The number of para-hydroxylation sites is 1. The molecular formula is C14H20O. The van der Waals surface area contributed by atoms with Gasteiger partial charge in [0.15, 0.2) is 0 Å². The van der Waals surface area contributed by atoms with Crippen molar-refractivity contribution in [2.45, 2.75) is 52.1 Å². The van der Waals surface area contributed by atoms with Crippen molar-refractivity contribution in [3.8, 4) is 5.75 Å². The lowest BCUT2D eigenvalue weighted by Gasteiger charge is -2.25. The number of hydrogen-bond acceptors (Lipinski definition) is 1. The normalized spacial score (nSPS) is 19.5. The van der Waals surface area contributed by atoms with E-state index in [2.05, 4.69) is 32.0 Å². The van der Waals surface area contributed by atoms with Gasteiger partial charge in [0.1, 0.15) is 5.75 Å². The zero-order valence-corrected chi connectivity index (χ0v) is 9.75. The molecule has 1 aliphatic heterocycles. The van der Waals surface area contributed by atoms with Gasteiger partial charge in [0.2, 0.25) is 0 Å². The molecule has 0 aliphatic carbocycles. The second kappa shape index (κ2) is 4.69. The number of ether oxygens (including phenoxy) is 1. The molecule has 2 rings (SSSR count). The maximum atomic E-state index is 5.96. The lowest BCUT2D eigenvalue weighted by atomic mass is 9.97. The highest BCUT2D eigenvalue weighted by atomic mass is 16.5. The Labute approximate surface area is 92.5 Å². The molecule has 1 heteroatoms. The monoisotopic (exact) mass is 204 g/mol. The predicted octanol–water partition coefficient (Wildman–Crippen LogP) is 3.74. The average Bonchev–Trinajstić information content (AvgIpc) is 2.26. The van der Waals surface area contributed by atoms with Crippen LogP contribution in [0.1, 0.15) is 44.2 Å². The summed E-state index contributed by atoms with van der Waals surface area (Å²) in [6.07, 6.45) is 6.39. The molecule has 0 amide bonds. The Morgan fingerprint density at radius 3 is 3.07 bits per heavy atom. The third kappa shape index (κ3) is 2.34. The van der Waals surface area contributed by atoms with Crippen LogP contribution < -0.4 is 4.74 Å². The van der Waals surface area contributed by atoms with Gasteiger partial charge in [-0.25, -0.2) is 0 Å². The van der Waals surface area contributed by atoms with E-state index in [1.54, 1.807) is 0 Å². The third-order valence-corrected chi connectivity index (χ3v) is 3.12. The largest absolute Gasteiger partial charge is 0.490 e. The van der Waals surface area contributed by atoms with Crippen molar-refractivity contribution < 1.29 is 4.74 Å². The molecule has 0 saturated heterocycles. The second-order valence-corrected chi connectivity index (χ2v) is 4.48. The summed E-state index contributed by atoms with van der Waals surface area (Å²) in [5, 5.41) is 0. The van der Waals surface area contributed by atoms with E-state index in [0.717, 1.165) is 12.8 Å². The van der Waals surface area contributed by atoms with Gasteiger partial charge in [-0.2, -0.15) is 0 Å². The summed E-state index contributed by atoms with van der Waals surface area (Å²) < 4.78 is 5.96. The second-order valence-electron chi connectivity index (χ2n) is 4.48. The first-order valence-corrected chi connectivity index (χ1v) is 6.08. The fourth-order valence-electron chi connectivity index (χ4n) is 2.17. The maximum Gasteiger partial charge on any atom is 0.126 e. The molecule has 1 aliphatic rings. The molecule has 1 aromatic rings. The lowest BCUT2D eigenvalue weighted by Crippen LogP contribution is -2.19. The molecule has 1 heterocycles. The van der Waals surface area contributed by atoms with Crippen molar-refractivity contribution in [1.82, 2.24) is 0 Å². The quantitative estimate of drug-likeness (QED) is 0.728. The summed E-state index contributed by atoms with van der Waals surface area (Å²) >= 11 is 0. The summed E-state index contributed by atoms with van der Waals surface area (Å²) in [6.45, 7) is 4.40. The van der Waals surface area contributed by atoms with Crippen LogP contribution in [0.4, 0.5) is 0 Å². The first-order chi connectivity index (χ1) is 7.31. The Kier molecular flexibility index (Phi) is 3.30. The number of benzene rings is 1. The van der Waals surface area contributed by atoms with E-state index < -0.39 is 0 Å². The van der Waals surface area contributed by atoms with Crippen molar-refractivity contribution in [1.29, 1.82) is 0 Å². The van der Waals surface area contributed by atoms with Gasteiger partial charge in [-0.05, 0) is 43.7 Å². The van der Waals surface area contributed by atoms with Crippen molar-refractivity contribution in [2.75, 3.05) is 0 Å². The number of hydrogen-bond donors (Lipinski definition) is 0. The lowest BCUT2D eigenvalue weighted by molar-refractivity contribution is 0.190. The minimum Gasteiger partial charge on any atom is -0.490 e. The Morgan fingerprint density at radius 1 is 1.40 bits per heavy atom. The van der Waals surface area contributed by atoms with E-state index in [4.69, 9.17) is 4.74 Å². The smallest absolute Gasteiger partial charge is 0.126 e. The fraction of sp³-hybridized carbons (Fsp3) is 0.571. The Balaban J connectivity index is 2.23. The summed E-state index contributed by atoms with van der Waals surface area (Å²) in [4.78, 5) is 0. The van der Waals surface area contributed by atoms with Gasteiger partial charge in [0.25, 0.3) is 0 Å². The molecule has 1 aromatic carbocycles. The van der Waals surface area contributed by atoms with Gasteiger partial charge in [-0.3, -0.25) is 0 Å². The first kappa shape index (κ1) is 10.5. The Morgan fingerprint density at radius 2 is 2.27 bits per heavy atom. The van der Waals surface area contributed by atoms with Crippen molar-refractivity contribution in [2.24, 2.45) is 0 Å². The van der Waals surface area contributed by atoms with Gasteiger partial charge < -0.3 is 4.74 Å². The summed E-state index contributed by atoms with van der Waals surface area (Å²) in [7, 11) is 0. The van der Waals surface area contributed by atoms with E-state index in [9.17, 15) is 0 Å². The minimum atomic E-state index is 0.389. The Bertz CT molecular complexity index is 330. The van der Waals surface area contributed by atoms with Gasteiger partial charge in [0.05, 0.1) is 6.10 Å². The zero-order chi connectivity index (χ0) is 10.7. The van der Waals surface area contributed by atoms with Crippen LogP contribution >= 0.6 is 0 Å². The summed E-state index contributed by atoms with van der Waals surface area (Å²) in [5.41, 5.74) is 2.81. The topological polar surface area (TPSA) is 9.23 Å². The molecular weight excluding hydrogens is 184 g/mol. The van der Waals surface area contributed by atoms with E-state index in [0.29, 0.717) is 6.10 Å². The number of aryl methyl sites for hydroxylation is 2. The number of rotatable bonds is 3. The van der Waals surface area contributed by atoms with Crippen LogP contribution in [0.15, 0.2) is 18.2 Å². The molecule has 1 atom stereocenters. The van der Waals surface area contributed by atoms with Gasteiger partial charge >= 0.3 is 0 Å². The summed E-state index contributed by atoms with van der Waals surface area (Å²) in [5.74, 6) is 1.18. The molecule has 0 radical (unpaired) electrons. The third-order valence-electron chi connectivity index (χ3n) is 3.12. The van der Waals surface area contributed by atoms with Gasteiger partial charge in [-0.1, -0.05) is 31.5 Å². The fourth-order valence-corrected chi connectivity index (χ4v) is 2.17. The standard InChI is InChI=1S/C14H20O/c1-3-4-6-12-7-5-8-13-10-9-11(2)15-14(12)13/h5,7-8,11H,3-4,6,9-10H2,1-2H3. The summed E-state index contributed by atoms with van der Waals surface area (Å²) in [6, 6.07) is 6.59. The SMILES string of the molecule is CCCCc1cccc2c1OC(C)CC2. The number of unbranched alkanes of at least 4 members (excludes halogenated alkanes) is 1. The van der Waals surface area contributed by atoms with Crippen LogP contribution in [0.3, 0.4) is 0 Å². The number of fused-ring (bicyclic) bond motifs is 1. The molecule has 82 valence electrons. The van der Waals surface area contributed by atoms with Crippen LogP contribution in [0, 0.1) is 0 Å². The van der Waals surface area contributed by atoms with E-state index in [1.165, 1.54) is 36.1 Å². The average molecular weight is 204 g/mol. The molecule has 0 fully saturated rings. The van der Waals surface area contributed by atoms with Crippen LogP contribution in [-0.4, -0.2) is 6.10 Å². The maximum absolute atomic E-state index is 5.96. The molecule has 0 saturated carbocycles. The van der Waals surface area contributed by atoms with Crippen molar-refractivity contribution in [3.05, 3.63) is 29.3 Å². The van der Waals surface area contributed by atoms with Crippen LogP contribution in [0.2, 0.25) is 0 Å². The van der Waals surface area contributed by atoms with Crippen LogP contribution in [0.25, 0.3) is 0 Å². The van der Waals surface area contributed by atoms with Gasteiger partial charge in [0, 0.05) is 0 Å². The molecule has 0 aromatic heterocycles. The highest BCUT2D eigenvalue weighted by molar-refractivity contribution is 5.43. The van der Waals surface area contributed by atoms with E-state index >= 15 is 0 Å². The van der Waals surface area contributed by atoms with Crippen LogP contribution in [-0.2, 0) is 12.8 Å². The van der Waals surface area contributed by atoms with Crippen molar-refractivity contribution in [3.63, 3.8) is 0 Å². The molecule has 15 heavy (non-hydrogen) atoms. The molecule has 0 spiro atoms. The van der Waals surface area contributed by atoms with Crippen LogP contribution in [0.5, 0.6) is 5.75 Å². The minimum absolute atomic E-state index is 0.389. The Hall–Kier alpha value is -0.980. The highest BCUT2D eigenvalue weighted by Gasteiger charge is 2.18. The molecule has 0 bridgehead atoms. The van der Waals surface area contributed by atoms with E-state index in [1.807, 2.05) is 0 Å². The first-order valence-electron chi connectivity index (χ1n) is 6.08. The zero-order valence-electron chi connectivity index (χ0n) is 9.75. The van der Waals surface area contributed by atoms with E-state index in [-0.39, 0.29) is 0 Å². The molecule has 0 N–H and O–H groups in total. The van der Waals surface area contributed by atoms with Crippen molar-refractivity contribution >= 4 is 0 Å². The molecule has 1 unspecified atom stereocenters. The highest BCUT2D eigenvalue weighted by Crippen LogP contribution is 2.32.